The van der Waals surface area contributed by atoms with Gasteiger partial charge in [0.1, 0.15) is 0 Å². The molecule has 3 rings (SSSR count). The molecule has 2 aromatic rings. The summed E-state index contributed by atoms with van der Waals surface area (Å²) in [7, 11) is 0. The zero-order chi connectivity index (χ0) is 18.4. The molecule has 0 bridgehead atoms. The van der Waals surface area contributed by atoms with Gasteiger partial charge in [-0.05, 0) is 18.4 Å². The number of benzene rings is 1. The van der Waals surface area contributed by atoms with Crippen LogP contribution in [0.25, 0.3) is 0 Å². The fraction of sp³-hybridized carbons (Fsp3) is 0.450. The van der Waals surface area contributed by atoms with Crippen LogP contribution in [0.3, 0.4) is 0 Å². The molecule has 1 amide bonds. The summed E-state index contributed by atoms with van der Waals surface area (Å²) in [5.41, 5.74) is 1.57. The SMILES string of the molecule is O=C(NC1CCCCCCC1C(=O)O)c1cnn(Cc2ccccc2)c1. The third kappa shape index (κ3) is 4.71. The van der Waals surface area contributed by atoms with E-state index in [0.717, 1.165) is 31.2 Å². The van der Waals surface area contributed by atoms with Crippen LogP contribution in [0.5, 0.6) is 0 Å². The van der Waals surface area contributed by atoms with E-state index in [1.807, 2.05) is 30.3 Å². The normalized spacial score (nSPS) is 20.8. The van der Waals surface area contributed by atoms with Crippen molar-refractivity contribution in [3.8, 4) is 0 Å². The lowest BCUT2D eigenvalue weighted by atomic mass is 9.86. The molecule has 138 valence electrons. The Balaban J connectivity index is 1.65. The molecule has 6 nitrogen and oxygen atoms in total. The number of hydrogen-bond donors (Lipinski definition) is 2. The van der Waals surface area contributed by atoms with Gasteiger partial charge in [0, 0.05) is 12.2 Å². The largest absolute Gasteiger partial charge is 0.481 e. The van der Waals surface area contributed by atoms with Crippen molar-refractivity contribution < 1.29 is 14.7 Å². The number of amides is 1. The standard InChI is InChI=1S/C20H25N3O3/c24-19(22-18-11-7-2-1-6-10-17(18)20(25)26)16-12-21-23(14-16)13-15-8-4-3-5-9-15/h3-5,8-9,12,14,17-18H,1-2,6-7,10-11,13H2,(H,22,24)(H,25,26). The van der Waals surface area contributed by atoms with Gasteiger partial charge in [-0.3, -0.25) is 14.3 Å². The Morgan fingerprint density at radius 3 is 2.58 bits per heavy atom. The lowest BCUT2D eigenvalue weighted by Crippen LogP contribution is -2.43. The molecule has 2 N–H and O–H groups in total. The highest BCUT2D eigenvalue weighted by Crippen LogP contribution is 2.23. The maximum Gasteiger partial charge on any atom is 0.308 e. The average Bonchev–Trinajstić information content (AvgIpc) is 3.06. The Morgan fingerprint density at radius 1 is 1.12 bits per heavy atom. The van der Waals surface area contributed by atoms with Gasteiger partial charge in [-0.15, -0.1) is 0 Å². The van der Waals surface area contributed by atoms with Crippen molar-refractivity contribution in [3.05, 3.63) is 53.9 Å². The number of aliphatic carboxylic acids is 1. The van der Waals surface area contributed by atoms with E-state index in [0.29, 0.717) is 24.9 Å². The molecule has 1 aromatic carbocycles. The van der Waals surface area contributed by atoms with Crippen LogP contribution in [-0.4, -0.2) is 32.8 Å². The minimum Gasteiger partial charge on any atom is -0.481 e. The summed E-state index contributed by atoms with van der Waals surface area (Å²) in [5.74, 6) is -1.59. The summed E-state index contributed by atoms with van der Waals surface area (Å²) < 4.78 is 1.72. The predicted octanol–water partition coefficient (Wildman–Crippen LogP) is 3.08. The smallest absolute Gasteiger partial charge is 0.308 e. The van der Waals surface area contributed by atoms with Gasteiger partial charge in [0.05, 0.1) is 24.2 Å². The van der Waals surface area contributed by atoms with Crippen LogP contribution in [-0.2, 0) is 11.3 Å². The molecule has 6 heteroatoms. The number of rotatable bonds is 5. The highest BCUT2D eigenvalue weighted by Gasteiger charge is 2.30. The third-order valence-electron chi connectivity index (χ3n) is 4.98. The minimum atomic E-state index is -0.822. The molecule has 0 radical (unpaired) electrons. The molecule has 1 aliphatic carbocycles. The molecule has 2 unspecified atom stereocenters. The second-order valence-electron chi connectivity index (χ2n) is 6.93. The first-order valence-electron chi connectivity index (χ1n) is 9.23. The topological polar surface area (TPSA) is 84.2 Å². The van der Waals surface area contributed by atoms with Crippen molar-refractivity contribution in [2.24, 2.45) is 5.92 Å². The van der Waals surface area contributed by atoms with E-state index < -0.39 is 11.9 Å². The Bertz CT molecular complexity index is 742. The van der Waals surface area contributed by atoms with Crippen molar-refractivity contribution in [1.82, 2.24) is 15.1 Å². The van der Waals surface area contributed by atoms with E-state index in [4.69, 9.17) is 0 Å². The van der Waals surface area contributed by atoms with Crippen LogP contribution in [0.2, 0.25) is 0 Å². The summed E-state index contributed by atoms with van der Waals surface area (Å²) in [6.07, 6.45) is 8.58. The zero-order valence-corrected chi connectivity index (χ0v) is 14.8. The second kappa shape index (κ2) is 8.65. The van der Waals surface area contributed by atoms with E-state index in [2.05, 4.69) is 10.4 Å². The van der Waals surface area contributed by atoms with Gasteiger partial charge < -0.3 is 10.4 Å². The molecule has 1 aliphatic rings. The molecule has 1 saturated carbocycles. The van der Waals surface area contributed by atoms with Crippen molar-refractivity contribution in [3.63, 3.8) is 0 Å². The Kier molecular flexibility index (Phi) is 6.04. The molecule has 26 heavy (non-hydrogen) atoms. The molecule has 1 heterocycles. The maximum atomic E-state index is 12.6. The monoisotopic (exact) mass is 355 g/mol. The predicted molar refractivity (Wildman–Crippen MR) is 97.9 cm³/mol. The van der Waals surface area contributed by atoms with Crippen LogP contribution in [0.15, 0.2) is 42.7 Å². The van der Waals surface area contributed by atoms with Crippen molar-refractivity contribution in [2.45, 2.75) is 51.1 Å². The number of nitrogens with one attached hydrogen (secondary N) is 1. The number of carboxylic acid groups (broad SMARTS) is 1. The number of hydrogen-bond acceptors (Lipinski definition) is 3. The summed E-state index contributed by atoms with van der Waals surface area (Å²) in [4.78, 5) is 24.2. The Morgan fingerprint density at radius 2 is 1.85 bits per heavy atom. The Labute approximate surface area is 153 Å². The molecular weight excluding hydrogens is 330 g/mol. The Hall–Kier alpha value is -2.63. The van der Waals surface area contributed by atoms with Gasteiger partial charge in [0.2, 0.25) is 0 Å². The molecule has 0 spiro atoms. The van der Waals surface area contributed by atoms with E-state index in [1.54, 1.807) is 10.9 Å². The molecule has 1 aromatic heterocycles. The summed E-state index contributed by atoms with van der Waals surface area (Å²) >= 11 is 0. The quantitative estimate of drug-likeness (QED) is 0.863. The fourth-order valence-corrected chi connectivity index (χ4v) is 3.54. The van der Waals surface area contributed by atoms with E-state index in [9.17, 15) is 14.7 Å². The van der Waals surface area contributed by atoms with E-state index in [-0.39, 0.29) is 11.9 Å². The number of carboxylic acids is 1. The van der Waals surface area contributed by atoms with Gasteiger partial charge in [-0.2, -0.15) is 5.10 Å². The summed E-state index contributed by atoms with van der Waals surface area (Å²) in [6.45, 7) is 0.593. The van der Waals surface area contributed by atoms with Crippen molar-refractivity contribution in [1.29, 1.82) is 0 Å². The van der Waals surface area contributed by atoms with Gasteiger partial charge >= 0.3 is 5.97 Å². The fourth-order valence-electron chi connectivity index (χ4n) is 3.54. The van der Waals surface area contributed by atoms with E-state index >= 15 is 0 Å². The average molecular weight is 355 g/mol. The number of carbonyl (C=O) groups is 2. The minimum absolute atomic E-state index is 0.249. The van der Waals surface area contributed by atoms with Gasteiger partial charge in [-0.25, -0.2) is 0 Å². The summed E-state index contributed by atoms with van der Waals surface area (Å²) in [6, 6.07) is 9.58. The number of carbonyl (C=O) groups excluding carboxylic acids is 1. The van der Waals surface area contributed by atoms with Crippen LogP contribution in [0.1, 0.15) is 54.4 Å². The van der Waals surface area contributed by atoms with Crippen LogP contribution in [0.4, 0.5) is 0 Å². The first kappa shape index (κ1) is 18.2. The van der Waals surface area contributed by atoms with Crippen LogP contribution in [0, 0.1) is 5.92 Å². The number of nitrogens with zero attached hydrogens (tertiary/aromatic N) is 2. The third-order valence-corrected chi connectivity index (χ3v) is 4.98. The summed E-state index contributed by atoms with van der Waals surface area (Å²) in [5, 5.41) is 16.7. The van der Waals surface area contributed by atoms with Crippen LogP contribution < -0.4 is 5.32 Å². The van der Waals surface area contributed by atoms with Gasteiger partial charge in [0.25, 0.3) is 5.91 Å². The first-order valence-corrected chi connectivity index (χ1v) is 9.23. The molecule has 0 saturated heterocycles. The number of aromatic nitrogens is 2. The van der Waals surface area contributed by atoms with E-state index in [1.165, 1.54) is 6.20 Å². The first-order chi connectivity index (χ1) is 12.6. The van der Waals surface area contributed by atoms with Gasteiger partial charge in [-0.1, -0.05) is 56.0 Å². The van der Waals surface area contributed by atoms with Crippen LogP contribution >= 0.6 is 0 Å². The molecule has 1 fully saturated rings. The maximum absolute atomic E-state index is 12.6. The zero-order valence-electron chi connectivity index (χ0n) is 14.8. The molecule has 0 aliphatic heterocycles. The lowest BCUT2D eigenvalue weighted by molar-refractivity contribution is -0.143. The molecular formula is C20H25N3O3. The lowest BCUT2D eigenvalue weighted by Gasteiger charge is -2.27. The molecule has 2 atom stereocenters. The van der Waals surface area contributed by atoms with Gasteiger partial charge in [0.15, 0.2) is 0 Å². The highest BCUT2D eigenvalue weighted by atomic mass is 16.4. The second-order valence-corrected chi connectivity index (χ2v) is 6.93. The van der Waals surface area contributed by atoms with Crippen molar-refractivity contribution >= 4 is 11.9 Å². The highest BCUT2D eigenvalue weighted by molar-refractivity contribution is 5.94. The van der Waals surface area contributed by atoms with Crippen molar-refractivity contribution in [2.75, 3.05) is 0 Å².